The number of aliphatic hydroxyl groups is 1. The predicted molar refractivity (Wildman–Crippen MR) is 87.6 cm³/mol. The summed E-state index contributed by atoms with van der Waals surface area (Å²) in [5, 5.41) is 12.6. The molecule has 0 fully saturated rings. The van der Waals surface area contributed by atoms with E-state index >= 15 is 0 Å². The van der Waals surface area contributed by atoms with Gasteiger partial charge in [-0.25, -0.2) is 0 Å². The summed E-state index contributed by atoms with van der Waals surface area (Å²) in [6.45, 7) is 11.3. The van der Waals surface area contributed by atoms with E-state index in [1.165, 1.54) is 0 Å². The number of hydrogen-bond acceptors (Lipinski definition) is 5. The lowest BCUT2D eigenvalue weighted by atomic mass is 9.85. The molecule has 0 saturated heterocycles. The summed E-state index contributed by atoms with van der Waals surface area (Å²) in [6.07, 6.45) is 0.664. The molecule has 0 aliphatic heterocycles. The van der Waals surface area contributed by atoms with Crippen molar-refractivity contribution in [1.29, 1.82) is 0 Å². The Labute approximate surface area is 127 Å². The Hall–Kier alpha value is -1.49. The van der Waals surface area contributed by atoms with E-state index in [1.807, 2.05) is 6.07 Å². The molecule has 1 aromatic rings. The molecule has 1 unspecified atom stereocenters. The summed E-state index contributed by atoms with van der Waals surface area (Å²) in [7, 11) is 0. The molecule has 0 aliphatic rings. The van der Waals surface area contributed by atoms with Crippen molar-refractivity contribution in [2.24, 2.45) is 11.3 Å². The monoisotopic (exact) mass is 295 g/mol. The molecule has 5 nitrogen and oxygen atoms in total. The van der Waals surface area contributed by atoms with Gasteiger partial charge in [0.25, 0.3) is 0 Å². The maximum Gasteiger partial charge on any atom is 0.239 e. The van der Waals surface area contributed by atoms with Crippen LogP contribution in [0.2, 0.25) is 0 Å². The normalized spacial score (nSPS) is 13.3. The first-order valence-electron chi connectivity index (χ1n) is 7.50. The molecule has 0 aromatic carbocycles. The van der Waals surface area contributed by atoms with Gasteiger partial charge in [-0.3, -0.25) is 0 Å². The van der Waals surface area contributed by atoms with E-state index < -0.39 is 0 Å². The number of anilines is 2. The maximum atomic E-state index is 9.22. The van der Waals surface area contributed by atoms with Crippen LogP contribution in [-0.4, -0.2) is 29.3 Å². The predicted octanol–water partition coefficient (Wildman–Crippen LogP) is 2.91. The van der Waals surface area contributed by atoms with Gasteiger partial charge in [-0.05, 0) is 29.9 Å². The average molecular weight is 295 g/mol. The minimum absolute atomic E-state index is 0.0186. The quantitative estimate of drug-likeness (QED) is 0.720. The highest BCUT2D eigenvalue weighted by molar-refractivity contribution is 5.54. The number of rotatable bonds is 7. The summed E-state index contributed by atoms with van der Waals surface area (Å²) >= 11 is 0. The van der Waals surface area contributed by atoms with Crippen LogP contribution >= 0.6 is 0 Å². The van der Waals surface area contributed by atoms with Crippen molar-refractivity contribution < 1.29 is 9.84 Å². The van der Waals surface area contributed by atoms with Gasteiger partial charge in [-0.1, -0.05) is 34.6 Å². The Bertz CT molecular complexity index is 442. The molecule has 1 aromatic heterocycles. The number of hydrogen-bond donors (Lipinski definition) is 3. The van der Waals surface area contributed by atoms with E-state index in [0.29, 0.717) is 30.5 Å². The standard InChI is InChI=1S/C16H29N3O2/c1-11(2)10-21-15-12(17)6-7-14(19-15)18-13(8-9-20)16(3,4)5/h6-7,11,13,20H,8-10,17H2,1-5H3,(H,18,19). The van der Waals surface area contributed by atoms with E-state index in [9.17, 15) is 5.11 Å². The summed E-state index contributed by atoms with van der Waals surface area (Å²) in [4.78, 5) is 4.44. The lowest BCUT2D eigenvalue weighted by Crippen LogP contribution is -2.35. The number of nitrogens with one attached hydrogen (secondary N) is 1. The molecular weight excluding hydrogens is 266 g/mol. The fraction of sp³-hybridized carbons (Fsp3) is 0.688. The van der Waals surface area contributed by atoms with Crippen LogP contribution in [0.3, 0.4) is 0 Å². The van der Waals surface area contributed by atoms with Crippen molar-refractivity contribution in [2.75, 3.05) is 24.3 Å². The van der Waals surface area contributed by atoms with Crippen LogP contribution in [0.4, 0.5) is 11.5 Å². The van der Waals surface area contributed by atoms with Crippen LogP contribution in [0.5, 0.6) is 5.88 Å². The lowest BCUT2D eigenvalue weighted by Gasteiger charge is -2.31. The van der Waals surface area contributed by atoms with Gasteiger partial charge >= 0.3 is 0 Å². The minimum Gasteiger partial charge on any atom is -0.476 e. The van der Waals surface area contributed by atoms with E-state index in [1.54, 1.807) is 6.07 Å². The first-order valence-corrected chi connectivity index (χ1v) is 7.50. The number of nitrogens with zero attached hydrogens (tertiary/aromatic N) is 1. The molecule has 1 rings (SSSR count). The molecule has 4 N–H and O–H groups in total. The average Bonchev–Trinajstić information content (AvgIpc) is 2.37. The van der Waals surface area contributed by atoms with Crippen LogP contribution in [0.15, 0.2) is 12.1 Å². The highest BCUT2D eigenvalue weighted by Crippen LogP contribution is 2.27. The summed E-state index contributed by atoms with van der Waals surface area (Å²) in [6, 6.07) is 3.76. The van der Waals surface area contributed by atoms with Gasteiger partial charge in [0.1, 0.15) is 5.82 Å². The van der Waals surface area contributed by atoms with Crippen molar-refractivity contribution in [2.45, 2.75) is 47.1 Å². The Morgan fingerprint density at radius 2 is 2.00 bits per heavy atom. The number of pyridine rings is 1. The van der Waals surface area contributed by atoms with Gasteiger partial charge in [0, 0.05) is 12.6 Å². The molecule has 1 heterocycles. The molecule has 0 bridgehead atoms. The maximum absolute atomic E-state index is 9.22. The number of nitrogen functional groups attached to an aromatic ring is 1. The van der Waals surface area contributed by atoms with Crippen molar-refractivity contribution in [1.82, 2.24) is 4.98 Å². The molecule has 1 atom stereocenters. The third-order valence-corrected chi connectivity index (χ3v) is 3.23. The van der Waals surface area contributed by atoms with Gasteiger partial charge in [-0.15, -0.1) is 0 Å². The van der Waals surface area contributed by atoms with Gasteiger partial charge in [-0.2, -0.15) is 4.98 Å². The third-order valence-electron chi connectivity index (χ3n) is 3.23. The van der Waals surface area contributed by atoms with Gasteiger partial charge in [0.2, 0.25) is 5.88 Å². The van der Waals surface area contributed by atoms with Crippen molar-refractivity contribution in [3.8, 4) is 5.88 Å². The van der Waals surface area contributed by atoms with Crippen LogP contribution in [0.25, 0.3) is 0 Å². The van der Waals surface area contributed by atoms with Crippen molar-refractivity contribution in [3.05, 3.63) is 12.1 Å². The zero-order valence-corrected chi connectivity index (χ0v) is 13.8. The topological polar surface area (TPSA) is 80.4 Å². The van der Waals surface area contributed by atoms with E-state index in [0.717, 1.165) is 5.82 Å². The zero-order chi connectivity index (χ0) is 16.0. The SMILES string of the molecule is CC(C)COc1nc(NC(CCO)C(C)(C)C)ccc1N. The fourth-order valence-electron chi connectivity index (χ4n) is 1.92. The van der Waals surface area contributed by atoms with Crippen LogP contribution in [-0.2, 0) is 0 Å². The highest BCUT2D eigenvalue weighted by Gasteiger charge is 2.24. The molecule has 21 heavy (non-hydrogen) atoms. The number of aliphatic hydroxyl groups excluding tert-OH is 1. The van der Waals surface area contributed by atoms with E-state index in [-0.39, 0.29) is 18.1 Å². The second kappa shape index (κ2) is 7.50. The highest BCUT2D eigenvalue weighted by atomic mass is 16.5. The van der Waals surface area contributed by atoms with Crippen molar-refractivity contribution in [3.63, 3.8) is 0 Å². The molecule has 5 heteroatoms. The summed E-state index contributed by atoms with van der Waals surface area (Å²) in [5.74, 6) is 1.60. The minimum atomic E-state index is 0.0186. The first-order chi connectivity index (χ1) is 9.74. The molecule has 0 radical (unpaired) electrons. The number of ether oxygens (including phenoxy) is 1. The Kier molecular flexibility index (Phi) is 6.27. The summed E-state index contributed by atoms with van der Waals surface area (Å²) in [5.41, 5.74) is 6.45. The first kappa shape index (κ1) is 17.6. The smallest absolute Gasteiger partial charge is 0.239 e. The molecule has 120 valence electrons. The van der Waals surface area contributed by atoms with Crippen LogP contribution < -0.4 is 15.8 Å². The second-order valence-corrected chi connectivity index (χ2v) is 6.87. The molecular formula is C16H29N3O2. The molecule has 0 aliphatic carbocycles. The van der Waals surface area contributed by atoms with Crippen LogP contribution in [0, 0.1) is 11.3 Å². The van der Waals surface area contributed by atoms with E-state index in [2.05, 4.69) is 44.9 Å². The van der Waals surface area contributed by atoms with Gasteiger partial charge in [0.15, 0.2) is 0 Å². The Morgan fingerprint density at radius 1 is 1.33 bits per heavy atom. The van der Waals surface area contributed by atoms with Gasteiger partial charge in [0.05, 0.1) is 12.3 Å². The fourth-order valence-corrected chi connectivity index (χ4v) is 1.92. The number of nitrogens with two attached hydrogens (primary N) is 1. The molecule has 0 spiro atoms. The van der Waals surface area contributed by atoms with Crippen molar-refractivity contribution >= 4 is 11.5 Å². The summed E-state index contributed by atoms with van der Waals surface area (Å²) < 4.78 is 5.64. The Balaban J connectivity index is 2.85. The molecule has 0 saturated carbocycles. The largest absolute Gasteiger partial charge is 0.476 e. The molecule has 0 amide bonds. The number of aromatic nitrogens is 1. The van der Waals surface area contributed by atoms with Gasteiger partial charge < -0.3 is 20.9 Å². The Morgan fingerprint density at radius 3 is 2.52 bits per heavy atom. The lowest BCUT2D eigenvalue weighted by molar-refractivity contribution is 0.234. The third kappa shape index (κ3) is 5.79. The van der Waals surface area contributed by atoms with Crippen LogP contribution in [0.1, 0.15) is 41.0 Å². The van der Waals surface area contributed by atoms with E-state index in [4.69, 9.17) is 10.5 Å². The second-order valence-electron chi connectivity index (χ2n) is 6.87. The zero-order valence-electron chi connectivity index (χ0n) is 13.8.